The van der Waals surface area contributed by atoms with Crippen LogP contribution in [0.5, 0.6) is 0 Å². The summed E-state index contributed by atoms with van der Waals surface area (Å²) in [6.07, 6.45) is 2.10. The maximum Gasteiger partial charge on any atom is 0.146 e. The fraction of sp³-hybridized carbons (Fsp3) is 0.238. The van der Waals surface area contributed by atoms with Crippen LogP contribution in [-0.4, -0.2) is 23.1 Å². The average molecular weight is 616 g/mol. The summed E-state index contributed by atoms with van der Waals surface area (Å²) >= 11 is 0. The SMILES string of the molecule is CC(C)[Si](C#Cc1c2cc3ccccc3cc2c(-c2cn(Cc3ccccc3)nn2)c2cc3ccccc3cc12)(C(C)C)C(C)C. The molecule has 46 heavy (non-hydrogen) atoms. The highest BCUT2D eigenvalue weighted by Crippen LogP contribution is 2.44. The van der Waals surface area contributed by atoms with Crippen LogP contribution in [0.4, 0.5) is 0 Å². The normalized spacial score (nSPS) is 12.2. The van der Waals surface area contributed by atoms with Crippen LogP contribution < -0.4 is 0 Å². The molecule has 0 aliphatic carbocycles. The minimum atomic E-state index is -1.99. The fourth-order valence-electron chi connectivity index (χ4n) is 7.87. The predicted molar refractivity (Wildman–Crippen MR) is 199 cm³/mol. The molecular weight excluding hydrogens is 575 g/mol. The van der Waals surface area contributed by atoms with Crippen molar-refractivity contribution in [1.29, 1.82) is 0 Å². The van der Waals surface area contributed by atoms with Crippen LogP contribution in [0, 0.1) is 11.5 Å². The Morgan fingerprint density at radius 3 is 1.54 bits per heavy atom. The molecule has 1 aromatic heterocycles. The van der Waals surface area contributed by atoms with Crippen molar-refractivity contribution in [1.82, 2.24) is 15.0 Å². The average Bonchev–Trinajstić information content (AvgIpc) is 3.50. The first-order valence-corrected chi connectivity index (χ1v) is 18.8. The van der Waals surface area contributed by atoms with E-state index in [4.69, 9.17) is 5.10 Å². The quantitative estimate of drug-likeness (QED) is 0.106. The van der Waals surface area contributed by atoms with Crippen LogP contribution in [0.3, 0.4) is 0 Å². The van der Waals surface area contributed by atoms with Gasteiger partial charge in [-0.1, -0.05) is 132 Å². The Hall–Kier alpha value is -4.72. The van der Waals surface area contributed by atoms with Crippen LogP contribution >= 0.6 is 0 Å². The first-order valence-electron chi connectivity index (χ1n) is 16.5. The summed E-state index contributed by atoms with van der Waals surface area (Å²) in [4.78, 5) is 0. The molecule has 0 spiro atoms. The van der Waals surface area contributed by atoms with E-state index >= 15 is 0 Å². The van der Waals surface area contributed by atoms with E-state index in [9.17, 15) is 0 Å². The molecule has 3 nitrogen and oxygen atoms in total. The number of hydrogen-bond donors (Lipinski definition) is 0. The van der Waals surface area contributed by atoms with Crippen molar-refractivity contribution in [2.75, 3.05) is 0 Å². The molecule has 7 rings (SSSR count). The molecule has 1 heterocycles. The van der Waals surface area contributed by atoms with Gasteiger partial charge in [-0.2, -0.15) is 0 Å². The van der Waals surface area contributed by atoms with Gasteiger partial charge in [-0.25, -0.2) is 4.68 Å². The first kappa shape index (κ1) is 30.0. The van der Waals surface area contributed by atoms with E-state index in [-0.39, 0.29) is 0 Å². The van der Waals surface area contributed by atoms with Crippen LogP contribution in [0.25, 0.3) is 54.3 Å². The van der Waals surface area contributed by atoms with E-state index in [2.05, 4.69) is 161 Å². The van der Waals surface area contributed by atoms with Gasteiger partial charge in [0, 0.05) is 11.1 Å². The molecule has 0 unspecified atom stereocenters. The second-order valence-corrected chi connectivity index (χ2v) is 19.3. The summed E-state index contributed by atoms with van der Waals surface area (Å²) in [7, 11) is -1.99. The van der Waals surface area contributed by atoms with Gasteiger partial charge in [-0.05, 0) is 89.5 Å². The summed E-state index contributed by atoms with van der Waals surface area (Å²) in [5.41, 5.74) is 10.1. The number of benzene rings is 6. The van der Waals surface area contributed by atoms with Gasteiger partial charge in [0.25, 0.3) is 0 Å². The lowest BCUT2D eigenvalue weighted by molar-refractivity contribution is 0.650. The molecule has 0 atom stereocenters. The van der Waals surface area contributed by atoms with E-state index in [0.29, 0.717) is 23.2 Å². The number of nitrogens with zero attached hydrogens (tertiary/aromatic N) is 3. The van der Waals surface area contributed by atoms with Crippen molar-refractivity contribution in [2.24, 2.45) is 0 Å². The Kier molecular flexibility index (Phi) is 7.75. The highest BCUT2D eigenvalue weighted by molar-refractivity contribution is 6.90. The van der Waals surface area contributed by atoms with Gasteiger partial charge >= 0.3 is 0 Å². The highest BCUT2D eigenvalue weighted by Gasteiger charge is 2.41. The fourth-order valence-corrected chi connectivity index (χ4v) is 13.1. The van der Waals surface area contributed by atoms with Crippen LogP contribution in [-0.2, 0) is 6.54 Å². The van der Waals surface area contributed by atoms with Crippen molar-refractivity contribution in [3.8, 4) is 22.7 Å². The summed E-state index contributed by atoms with van der Waals surface area (Å²) in [6, 6.07) is 37.1. The molecule has 228 valence electrons. The topological polar surface area (TPSA) is 30.7 Å². The second-order valence-electron chi connectivity index (χ2n) is 13.7. The molecule has 0 radical (unpaired) electrons. The lowest BCUT2D eigenvalue weighted by atomic mass is 9.88. The molecule has 6 aromatic carbocycles. The molecule has 0 saturated heterocycles. The van der Waals surface area contributed by atoms with Crippen LogP contribution in [0.15, 0.2) is 109 Å². The van der Waals surface area contributed by atoms with Crippen molar-refractivity contribution >= 4 is 51.2 Å². The number of rotatable bonds is 6. The molecule has 0 N–H and O–H groups in total. The Balaban J connectivity index is 1.59. The van der Waals surface area contributed by atoms with Crippen molar-refractivity contribution in [2.45, 2.75) is 64.7 Å². The minimum Gasteiger partial charge on any atom is -0.247 e. The Bertz CT molecular complexity index is 2170. The van der Waals surface area contributed by atoms with E-state index in [1.165, 1.54) is 48.7 Å². The van der Waals surface area contributed by atoms with E-state index in [1.807, 2.05) is 10.7 Å². The van der Waals surface area contributed by atoms with Gasteiger partial charge < -0.3 is 0 Å². The smallest absolute Gasteiger partial charge is 0.146 e. The monoisotopic (exact) mass is 615 g/mol. The standard InChI is InChI=1S/C42H41N3Si/c1-28(2)46(29(3)4,30(5)6)21-20-36-37-22-32-16-10-12-18-34(32)24-39(37)42(40-25-35-19-13-11-17-33(35)23-38(36)40)41-27-45(44-43-41)26-31-14-8-7-9-15-31/h7-19,22-25,27-30H,26H2,1-6H3. The van der Waals surface area contributed by atoms with Gasteiger partial charge in [0.1, 0.15) is 13.8 Å². The van der Waals surface area contributed by atoms with Gasteiger partial charge in [-0.3, -0.25) is 0 Å². The predicted octanol–water partition coefficient (Wildman–Crippen LogP) is 11.2. The van der Waals surface area contributed by atoms with E-state index in [0.717, 1.165) is 16.8 Å². The van der Waals surface area contributed by atoms with E-state index in [1.54, 1.807) is 0 Å². The highest BCUT2D eigenvalue weighted by atomic mass is 28.3. The second kappa shape index (κ2) is 11.9. The Morgan fingerprint density at radius 1 is 0.609 bits per heavy atom. The first-order chi connectivity index (χ1) is 22.3. The molecule has 0 amide bonds. The molecule has 0 saturated carbocycles. The molecule has 0 fully saturated rings. The number of hydrogen-bond acceptors (Lipinski definition) is 2. The largest absolute Gasteiger partial charge is 0.247 e. The summed E-state index contributed by atoms with van der Waals surface area (Å²) in [5, 5.41) is 19.0. The maximum atomic E-state index is 4.81. The third-order valence-electron chi connectivity index (χ3n) is 10.1. The molecular formula is C42H41N3Si. The van der Waals surface area contributed by atoms with Crippen LogP contribution in [0.2, 0.25) is 16.6 Å². The molecule has 0 bridgehead atoms. The van der Waals surface area contributed by atoms with Gasteiger partial charge in [0.15, 0.2) is 0 Å². The molecule has 0 aliphatic heterocycles. The lowest BCUT2D eigenvalue weighted by Gasteiger charge is -2.38. The number of aromatic nitrogens is 3. The minimum absolute atomic E-state index is 0.554. The summed E-state index contributed by atoms with van der Waals surface area (Å²) in [6.45, 7) is 15.0. The maximum absolute atomic E-state index is 4.81. The zero-order chi connectivity index (χ0) is 32.0. The number of fused-ring (bicyclic) bond motifs is 4. The molecule has 0 aliphatic rings. The third-order valence-corrected chi connectivity index (χ3v) is 16.4. The summed E-state index contributed by atoms with van der Waals surface area (Å²) < 4.78 is 1.95. The zero-order valence-corrected chi connectivity index (χ0v) is 28.7. The van der Waals surface area contributed by atoms with Gasteiger partial charge in [-0.15, -0.1) is 10.6 Å². The summed E-state index contributed by atoms with van der Waals surface area (Å²) in [5.74, 6) is 3.93. The van der Waals surface area contributed by atoms with Gasteiger partial charge in [0.05, 0.1) is 12.7 Å². The molecule has 4 heteroatoms. The molecule has 7 aromatic rings. The van der Waals surface area contributed by atoms with E-state index < -0.39 is 8.07 Å². The van der Waals surface area contributed by atoms with Crippen molar-refractivity contribution in [3.05, 3.63) is 120 Å². The lowest BCUT2D eigenvalue weighted by Crippen LogP contribution is -2.43. The Labute approximate surface area is 273 Å². The van der Waals surface area contributed by atoms with Crippen molar-refractivity contribution < 1.29 is 0 Å². The zero-order valence-electron chi connectivity index (χ0n) is 27.7. The third kappa shape index (κ3) is 5.09. The van der Waals surface area contributed by atoms with Crippen LogP contribution in [0.1, 0.15) is 52.7 Å². The van der Waals surface area contributed by atoms with Crippen molar-refractivity contribution in [3.63, 3.8) is 0 Å². The Morgan fingerprint density at radius 2 is 1.07 bits per heavy atom. The van der Waals surface area contributed by atoms with Gasteiger partial charge in [0.2, 0.25) is 0 Å².